The molecule has 1 aromatic heterocycles. The van der Waals surface area contributed by atoms with Crippen molar-refractivity contribution in [1.29, 1.82) is 0 Å². The van der Waals surface area contributed by atoms with Crippen LogP contribution in [0.15, 0.2) is 23.9 Å². The van der Waals surface area contributed by atoms with E-state index in [1.54, 1.807) is 0 Å². The lowest BCUT2D eigenvalue weighted by Gasteiger charge is -2.37. The average molecular weight is 394 g/mol. The van der Waals surface area contributed by atoms with Gasteiger partial charge in [0.25, 0.3) is 5.92 Å². The van der Waals surface area contributed by atoms with E-state index in [2.05, 4.69) is 33.7 Å². The van der Waals surface area contributed by atoms with Crippen molar-refractivity contribution in [2.24, 2.45) is 11.7 Å². The molecule has 3 N–H and O–H groups in total. The first-order valence-corrected chi connectivity index (χ1v) is 9.94. The molecule has 7 heteroatoms. The third-order valence-electron chi connectivity index (χ3n) is 5.50. The lowest BCUT2D eigenvalue weighted by molar-refractivity contribution is -0.0300. The Morgan fingerprint density at radius 1 is 1.36 bits per heavy atom. The number of anilines is 1. The third-order valence-corrected chi connectivity index (χ3v) is 5.50. The summed E-state index contributed by atoms with van der Waals surface area (Å²) < 4.78 is 28.7. The molecule has 1 aliphatic heterocycles. The van der Waals surface area contributed by atoms with E-state index in [9.17, 15) is 8.78 Å². The number of aryl methyl sites for hydroxylation is 1. The smallest absolute Gasteiger partial charge is 0.271 e. The van der Waals surface area contributed by atoms with Crippen molar-refractivity contribution in [1.82, 2.24) is 15.3 Å². The molecule has 5 nitrogen and oxygen atoms in total. The molecule has 0 aromatic carbocycles. The van der Waals surface area contributed by atoms with Crippen molar-refractivity contribution in [3.63, 3.8) is 0 Å². The van der Waals surface area contributed by atoms with Gasteiger partial charge in [-0.05, 0) is 44.9 Å². The summed E-state index contributed by atoms with van der Waals surface area (Å²) in [5, 5.41) is 3.08. The Morgan fingerprint density at radius 2 is 2.00 bits per heavy atom. The highest BCUT2D eigenvalue weighted by atomic mass is 19.3. The minimum absolute atomic E-state index is 0.0558. The maximum Gasteiger partial charge on any atom is 0.271 e. The molecule has 1 saturated heterocycles. The van der Waals surface area contributed by atoms with Crippen LogP contribution in [0, 0.1) is 12.8 Å². The number of nitrogens with zero attached hydrogens (tertiary/aromatic N) is 3. The fourth-order valence-corrected chi connectivity index (χ4v) is 3.71. The highest BCUT2D eigenvalue weighted by molar-refractivity contribution is 5.51. The molecular formula is C21H33F2N5. The van der Waals surface area contributed by atoms with Crippen molar-refractivity contribution in [3.8, 4) is 0 Å². The van der Waals surface area contributed by atoms with Gasteiger partial charge in [0.1, 0.15) is 11.6 Å². The topological polar surface area (TPSA) is 67.1 Å². The van der Waals surface area contributed by atoms with E-state index in [1.807, 2.05) is 20.2 Å². The Hall–Kier alpha value is -2.02. The summed E-state index contributed by atoms with van der Waals surface area (Å²) in [6, 6.07) is 0. The van der Waals surface area contributed by atoms with Crippen molar-refractivity contribution in [2.45, 2.75) is 58.9 Å². The fraction of sp³-hybridized carbons (Fsp3) is 0.619. The summed E-state index contributed by atoms with van der Waals surface area (Å²) in [5.41, 5.74) is 8.91. The van der Waals surface area contributed by atoms with Gasteiger partial charge in [-0.15, -0.1) is 0 Å². The molecular weight excluding hydrogens is 360 g/mol. The monoisotopic (exact) mass is 393 g/mol. The second-order valence-electron chi connectivity index (χ2n) is 7.52. The van der Waals surface area contributed by atoms with Gasteiger partial charge >= 0.3 is 0 Å². The number of nitrogens with two attached hydrogens (primary N) is 1. The van der Waals surface area contributed by atoms with Gasteiger partial charge < -0.3 is 16.0 Å². The number of aromatic nitrogens is 2. The second-order valence-corrected chi connectivity index (χ2v) is 7.52. The van der Waals surface area contributed by atoms with Gasteiger partial charge in [0.15, 0.2) is 0 Å². The standard InChI is InChI=1S/C21H33F2N5/c1-6-16(13-25-5)11-18-15(4)26-19(12-24)27-20(18)28-9-7-17(8-10-28)21(22,23)14(2)3/h13,17,25H,2,6-12,24H2,1,3-5H3/b16-13-. The fourth-order valence-electron chi connectivity index (χ4n) is 3.71. The van der Waals surface area contributed by atoms with Crippen LogP contribution in [0.2, 0.25) is 0 Å². The Morgan fingerprint density at radius 3 is 2.50 bits per heavy atom. The first kappa shape index (κ1) is 22.3. The molecule has 1 aliphatic rings. The van der Waals surface area contributed by atoms with Gasteiger partial charge in [-0.3, -0.25) is 0 Å². The van der Waals surface area contributed by atoms with Crippen LogP contribution in [0.4, 0.5) is 14.6 Å². The minimum atomic E-state index is -2.82. The van der Waals surface area contributed by atoms with Crippen LogP contribution in [-0.2, 0) is 13.0 Å². The summed E-state index contributed by atoms with van der Waals surface area (Å²) in [4.78, 5) is 11.3. The average Bonchev–Trinajstić information content (AvgIpc) is 2.68. The Kier molecular flexibility index (Phi) is 7.52. The molecule has 2 heterocycles. The van der Waals surface area contributed by atoms with E-state index in [1.165, 1.54) is 12.5 Å². The van der Waals surface area contributed by atoms with Gasteiger partial charge in [-0.25, -0.2) is 18.7 Å². The second kappa shape index (κ2) is 9.45. The van der Waals surface area contributed by atoms with Crippen LogP contribution >= 0.6 is 0 Å². The number of allylic oxidation sites excluding steroid dienone is 2. The number of piperidine rings is 1. The van der Waals surface area contributed by atoms with Gasteiger partial charge in [0, 0.05) is 43.7 Å². The predicted molar refractivity (Wildman–Crippen MR) is 110 cm³/mol. The maximum atomic E-state index is 14.4. The molecule has 0 amide bonds. The number of alkyl halides is 2. The number of nitrogens with one attached hydrogen (secondary N) is 1. The lowest BCUT2D eigenvalue weighted by Crippen LogP contribution is -2.42. The summed E-state index contributed by atoms with van der Waals surface area (Å²) >= 11 is 0. The number of halogens is 2. The quantitative estimate of drug-likeness (QED) is 0.659. The van der Waals surface area contributed by atoms with Crippen LogP contribution in [-0.4, -0.2) is 36.0 Å². The van der Waals surface area contributed by atoms with E-state index in [0.29, 0.717) is 31.8 Å². The van der Waals surface area contributed by atoms with Gasteiger partial charge in [0.2, 0.25) is 0 Å². The van der Waals surface area contributed by atoms with Crippen LogP contribution in [0.5, 0.6) is 0 Å². The number of hydrogen-bond donors (Lipinski definition) is 2. The highest BCUT2D eigenvalue weighted by Crippen LogP contribution is 2.39. The molecule has 28 heavy (non-hydrogen) atoms. The normalized spacial score (nSPS) is 16.4. The lowest BCUT2D eigenvalue weighted by atomic mass is 9.87. The van der Waals surface area contributed by atoms with Crippen LogP contribution in [0.1, 0.15) is 50.2 Å². The zero-order valence-corrected chi connectivity index (χ0v) is 17.5. The molecule has 0 saturated carbocycles. The SMILES string of the molecule is C=C(C)C(F)(F)C1CCN(c2nc(CN)nc(C)c2C/C(=C\NC)CC)CC1. The van der Waals surface area contributed by atoms with E-state index < -0.39 is 11.8 Å². The number of hydrogen-bond acceptors (Lipinski definition) is 5. The Labute approximate surface area is 167 Å². The molecule has 0 bridgehead atoms. The maximum absolute atomic E-state index is 14.4. The van der Waals surface area contributed by atoms with Gasteiger partial charge in [0.05, 0.1) is 6.54 Å². The Bertz CT molecular complexity index is 722. The molecule has 1 aromatic rings. The molecule has 156 valence electrons. The van der Waals surface area contributed by atoms with Crippen molar-refractivity contribution in [3.05, 3.63) is 41.0 Å². The van der Waals surface area contributed by atoms with E-state index in [0.717, 1.165) is 29.9 Å². The summed E-state index contributed by atoms with van der Waals surface area (Å²) in [6.07, 6.45) is 4.46. The highest BCUT2D eigenvalue weighted by Gasteiger charge is 2.42. The van der Waals surface area contributed by atoms with Crippen LogP contribution in [0.25, 0.3) is 0 Å². The number of rotatable bonds is 8. The predicted octanol–water partition coefficient (Wildman–Crippen LogP) is 3.73. The van der Waals surface area contributed by atoms with E-state index >= 15 is 0 Å². The van der Waals surface area contributed by atoms with Gasteiger partial charge in [-0.1, -0.05) is 19.1 Å². The van der Waals surface area contributed by atoms with Crippen LogP contribution in [0.3, 0.4) is 0 Å². The first-order valence-electron chi connectivity index (χ1n) is 9.94. The van der Waals surface area contributed by atoms with Crippen molar-refractivity contribution in [2.75, 3.05) is 25.0 Å². The first-order chi connectivity index (χ1) is 13.2. The van der Waals surface area contributed by atoms with Crippen LogP contribution < -0.4 is 16.0 Å². The summed E-state index contributed by atoms with van der Waals surface area (Å²) in [7, 11) is 1.88. The molecule has 0 aliphatic carbocycles. The van der Waals surface area contributed by atoms with Crippen molar-refractivity contribution < 1.29 is 8.78 Å². The minimum Gasteiger partial charge on any atom is -0.394 e. The largest absolute Gasteiger partial charge is 0.394 e. The molecule has 0 unspecified atom stereocenters. The van der Waals surface area contributed by atoms with E-state index in [4.69, 9.17) is 5.73 Å². The summed E-state index contributed by atoms with van der Waals surface area (Å²) in [6.45, 7) is 10.3. The molecule has 0 atom stereocenters. The Balaban J connectivity index is 2.30. The third kappa shape index (κ3) is 4.87. The zero-order chi connectivity index (χ0) is 20.9. The van der Waals surface area contributed by atoms with E-state index in [-0.39, 0.29) is 12.1 Å². The van der Waals surface area contributed by atoms with Crippen molar-refractivity contribution >= 4 is 5.82 Å². The van der Waals surface area contributed by atoms with Gasteiger partial charge in [-0.2, -0.15) is 0 Å². The molecule has 0 spiro atoms. The molecule has 1 fully saturated rings. The zero-order valence-electron chi connectivity index (χ0n) is 17.5. The molecule has 2 rings (SSSR count). The molecule has 0 radical (unpaired) electrons. The summed E-state index contributed by atoms with van der Waals surface area (Å²) in [5.74, 6) is -2.07.